The van der Waals surface area contributed by atoms with Crippen molar-refractivity contribution in [1.82, 2.24) is 19.1 Å². The number of halogens is 2. The van der Waals surface area contributed by atoms with Gasteiger partial charge >= 0.3 is 6.55 Å². The summed E-state index contributed by atoms with van der Waals surface area (Å²) in [6.07, 6.45) is 3.43. The monoisotopic (exact) mass is 378 g/mol. The lowest BCUT2D eigenvalue weighted by molar-refractivity contribution is 0.0678. The Kier molecular flexibility index (Phi) is 5.70. The van der Waals surface area contributed by atoms with Crippen LogP contribution in [0.15, 0.2) is 46.6 Å². The lowest BCUT2D eigenvalue weighted by Crippen LogP contribution is -2.24. The van der Waals surface area contributed by atoms with Gasteiger partial charge < -0.3 is 0 Å². The summed E-state index contributed by atoms with van der Waals surface area (Å²) in [5.41, 5.74) is 0.508. The quantitative estimate of drug-likeness (QED) is 0.454. The van der Waals surface area contributed by atoms with Gasteiger partial charge in [-0.3, -0.25) is 13.9 Å². The summed E-state index contributed by atoms with van der Waals surface area (Å²) in [4.78, 5) is 21.4. The van der Waals surface area contributed by atoms with E-state index in [1.54, 1.807) is 16.7 Å². The summed E-state index contributed by atoms with van der Waals surface area (Å²) < 4.78 is 28.4. The number of hydrogen-bond acceptors (Lipinski definition) is 4. The first kappa shape index (κ1) is 18.6. The molecule has 0 saturated carbocycles. The fourth-order valence-corrected chi connectivity index (χ4v) is 3.58. The van der Waals surface area contributed by atoms with Crippen LogP contribution in [0.25, 0.3) is 10.9 Å². The zero-order valence-electron chi connectivity index (χ0n) is 14.6. The van der Waals surface area contributed by atoms with Gasteiger partial charge in [0.1, 0.15) is 5.82 Å². The molecule has 0 aliphatic rings. The Morgan fingerprint density at radius 1 is 1.23 bits per heavy atom. The van der Waals surface area contributed by atoms with E-state index in [4.69, 9.17) is 0 Å². The molecule has 0 fully saturated rings. The average Bonchev–Trinajstić information content (AvgIpc) is 3.08. The van der Waals surface area contributed by atoms with E-state index in [0.717, 1.165) is 11.0 Å². The minimum Gasteiger partial charge on any atom is -0.287 e. The Balaban J connectivity index is 1.96. The maximum atomic E-state index is 13.0. The maximum Gasteiger partial charge on any atom is 0.319 e. The van der Waals surface area contributed by atoms with Crippen LogP contribution < -0.4 is 5.56 Å². The van der Waals surface area contributed by atoms with Gasteiger partial charge in [0, 0.05) is 18.9 Å². The van der Waals surface area contributed by atoms with Gasteiger partial charge in [0.25, 0.3) is 5.56 Å². The highest BCUT2D eigenvalue weighted by molar-refractivity contribution is 7.98. The van der Waals surface area contributed by atoms with Gasteiger partial charge in [0.15, 0.2) is 5.16 Å². The predicted octanol–water partition coefficient (Wildman–Crippen LogP) is 4.33. The van der Waals surface area contributed by atoms with Crippen molar-refractivity contribution in [2.45, 2.75) is 44.3 Å². The first-order valence-electron chi connectivity index (χ1n) is 8.39. The number of thioether (sulfide) groups is 1. The maximum absolute atomic E-state index is 13.0. The summed E-state index contributed by atoms with van der Waals surface area (Å²) in [7, 11) is 0. The van der Waals surface area contributed by atoms with E-state index < -0.39 is 6.55 Å². The average molecular weight is 378 g/mol. The Morgan fingerprint density at radius 3 is 2.73 bits per heavy atom. The van der Waals surface area contributed by atoms with Crippen molar-refractivity contribution in [3.63, 3.8) is 0 Å². The van der Waals surface area contributed by atoms with Crippen molar-refractivity contribution in [1.29, 1.82) is 0 Å². The van der Waals surface area contributed by atoms with E-state index in [1.807, 2.05) is 12.1 Å². The molecule has 0 aliphatic heterocycles. The molecule has 0 spiro atoms. The van der Waals surface area contributed by atoms with E-state index >= 15 is 0 Å². The van der Waals surface area contributed by atoms with E-state index in [9.17, 15) is 13.6 Å². The second kappa shape index (κ2) is 7.99. The number of aromatic nitrogens is 4. The van der Waals surface area contributed by atoms with Crippen molar-refractivity contribution in [2.24, 2.45) is 5.92 Å². The van der Waals surface area contributed by atoms with E-state index in [2.05, 4.69) is 23.8 Å². The van der Waals surface area contributed by atoms with Gasteiger partial charge in [-0.2, -0.15) is 8.78 Å². The van der Waals surface area contributed by atoms with Crippen LogP contribution in [0.1, 0.15) is 32.6 Å². The van der Waals surface area contributed by atoms with Gasteiger partial charge in [-0.1, -0.05) is 37.7 Å². The lowest BCUT2D eigenvalue weighted by Gasteiger charge is -2.14. The van der Waals surface area contributed by atoms with Crippen LogP contribution in [0.2, 0.25) is 0 Å². The number of alkyl halides is 2. The van der Waals surface area contributed by atoms with Crippen LogP contribution in [0.4, 0.5) is 8.78 Å². The molecule has 0 N–H and O–H groups in total. The van der Waals surface area contributed by atoms with Crippen molar-refractivity contribution < 1.29 is 8.78 Å². The fraction of sp³-hybridized carbons (Fsp3) is 0.389. The number of para-hydroxylation sites is 1. The summed E-state index contributed by atoms with van der Waals surface area (Å²) in [5.74, 6) is 0.899. The van der Waals surface area contributed by atoms with Gasteiger partial charge in [-0.15, -0.1) is 0 Å². The van der Waals surface area contributed by atoms with Crippen LogP contribution in [0, 0.1) is 5.92 Å². The van der Waals surface area contributed by atoms with Crippen molar-refractivity contribution in [2.75, 3.05) is 0 Å². The highest BCUT2D eigenvalue weighted by atomic mass is 32.2. The minimum absolute atomic E-state index is 0.101. The second-order valence-electron chi connectivity index (χ2n) is 6.37. The smallest absolute Gasteiger partial charge is 0.287 e. The predicted molar refractivity (Wildman–Crippen MR) is 98.5 cm³/mol. The molecule has 0 atom stereocenters. The zero-order valence-corrected chi connectivity index (χ0v) is 15.4. The SMILES string of the molecule is CC(C)CCn1c(SCc2nccn2C(F)F)nc2ccccc2c1=O. The van der Waals surface area contributed by atoms with Gasteiger partial charge in [0.2, 0.25) is 0 Å². The molecule has 2 heterocycles. The third-order valence-corrected chi connectivity index (χ3v) is 5.02. The van der Waals surface area contributed by atoms with Crippen LogP contribution >= 0.6 is 11.8 Å². The standard InChI is InChI=1S/C18H20F2N4OS/c1-12(2)7-9-24-16(25)13-5-3-4-6-14(13)22-18(24)26-11-15-21-8-10-23(15)17(19)20/h3-6,8,10,12,17H,7,9,11H2,1-2H3. The molecule has 5 nitrogen and oxygen atoms in total. The normalized spacial score (nSPS) is 11.8. The lowest BCUT2D eigenvalue weighted by atomic mass is 10.1. The highest BCUT2D eigenvalue weighted by Crippen LogP contribution is 2.24. The summed E-state index contributed by atoms with van der Waals surface area (Å²) in [6.45, 7) is 2.08. The molecule has 1 aromatic carbocycles. The molecule has 138 valence electrons. The Morgan fingerprint density at radius 2 is 2.00 bits per heavy atom. The van der Waals surface area contributed by atoms with Gasteiger partial charge in [0.05, 0.1) is 16.7 Å². The molecule has 3 rings (SSSR count). The van der Waals surface area contributed by atoms with E-state index in [0.29, 0.717) is 28.5 Å². The number of imidazole rings is 1. The molecule has 0 saturated heterocycles. The Hall–Kier alpha value is -2.22. The second-order valence-corrected chi connectivity index (χ2v) is 7.31. The molecular weight excluding hydrogens is 358 g/mol. The minimum atomic E-state index is -2.64. The summed E-state index contributed by atoms with van der Waals surface area (Å²) in [6, 6.07) is 7.18. The van der Waals surface area contributed by atoms with Crippen LogP contribution in [0.3, 0.4) is 0 Å². The van der Waals surface area contributed by atoms with Crippen molar-refractivity contribution in [3.8, 4) is 0 Å². The van der Waals surface area contributed by atoms with E-state index in [1.165, 1.54) is 24.2 Å². The summed E-state index contributed by atoms with van der Waals surface area (Å²) in [5, 5.41) is 1.09. The highest BCUT2D eigenvalue weighted by Gasteiger charge is 2.15. The van der Waals surface area contributed by atoms with Crippen LogP contribution in [-0.4, -0.2) is 19.1 Å². The number of nitrogens with zero attached hydrogens (tertiary/aromatic N) is 4. The van der Waals surface area contributed by atoms with Crippen LogP contribution in [0.5, 0.6) is 0 Å². The molecule has 0 aliphatic carbocycles. The molecule has 0 unspecified atom stereocenters. The van der Waals surface area contributed by atoms with Crippen molar-refractivity contribution in [3.05, 3.63) is 52.8 Å². The molecule has 0 amide bonds. The number of fused-ring (bicyclic) bond motifs is 1. The Labute approximate surface area is 154 Å². The number of rotatable bonds is 7. The van der Waals surface area contributed by atoms with E-state index in [-0.39, 0.29) is 17.1 Å². The largest absolute Gasteiger partial charge is 0.319 e. The summed E-state index contributed by atoms with van der Waals surface area (Å²) >= 11 is 1.25. The molecule has 0 bridgehead atoms. The Bertz CT molecular complexity index is 952. The van der Waals surface area contributed by atoms with Gasteiger partial charge in [-0.25, -0.2) is 9.97 Å². The zero-order chi connectivity index (χ0) is 18.7. The topological polar surface area (TPSA) is 52.7 Å². The first-order chi connectivity index (χ1) is 12.5. The molecule has 3 aromatic rings. The molecule has 2 aromatic heterocycles. The van der Waals surface area contributed by atoms with Crippen molar-refractivity contribution >= 4 is 22.7 Å². The first-order valence-corrected chi connectivity index (χ1v) is 9.38. The van der Waals surface area contributed by atoms with Crippen LogP contribution in [-0.2, 0) is 12.3 Å². The molecule has 26 heavy (non-hydrogen) atoms. The number of hydrogen-bond donors (Lipinski definition) is 0. The third-order valence-electron chi connectivity index (χ3n) is 4.05. The molecular formula is C18H20F2N4OS. The molecule has 0 radical (unpaired) electrons. The fourth-order valence-electron chi connectivity index (χ4n) is 2.60. The number of benzene rings is 1. The van der Waals surface area contributed by atoms with Gasteiger partial charge in [-0.05, 0) is 24.5 Å². The molecule has 8 heteroatoms. The third kappa shape index (κ3) is 3.95.